The molecule has 3 saturated heterocycles. The van der Waals surface area contributed by atoms with Gasteiger partial charge in [-0.15, -0.1) is 35.3 Å². The second-order valence-electron chi connectivity index (χ2n) is 5.44. The minimum Gasteiger partial charge on any atom is -0.156 e. The molecule has 0 amide bonds. The predicted molar refractivity (Wildman–Crippen MR) is 107 cm³/mol. The standard InChI is InChI=1S/C15H18S6/c1-10(16-4-13-7-19-13)2-12(18-6-15-9-21-15)3-11(1)17-5-14-8-20-14/h1-3,13-15H,4-9H2. The molecule has 3 fully saturated rings. The number of hydrogen-bond donors (Lipinski definition) is 0. The zero-order valence-corrected chi connectivity index (χ0v) is 16.6. The molecule has 0 N–H and O–H groups in total. The summed E-state index contributed by atoms with van der Waals surface area (Å²) in [7, 11) is 0. The summed E-state index contributed by atoms with van der Waals surface area (Å²) in [5.41, 5.74) is 0. The summed E-state index contributed by atoms with van der Waals surface area (Å²) in [6.07, 6.45) is 0. The molecule has 4 rings (SSSR count). The van der Waals surface area contributed by atoms with E-state index >= 15 is 0 Å². The van der Waals surface area contributed by atoms with E-state index in [4.69, 9.17) is 0 Å². The highest BCUT2D eigenvalue weighted by Crippen LogP contribution is 2.41. The van der Waals surface area contributed by atoms with Crippen molar-refractivity contribution in [2.45, 2.75) is 30.4 Å². The van der Waals surface area contributed by atoms with Gasteiger partial charge in [0, 0.05) is 65.0 Å². The Balaban J connectivity index is 1.40. The van der Waals surface area contributed by atoms with Gasteiger partial charge in [0.05, 0.1) is 0 Å². The Labute approximate surface area is 152 Å². The van der Waals surface area contributed by atoms with E-state index < -0.39 is 0 Å². The fraction of sp³-hybridized carbons (Fsp3) is 0.600. The normalized spacial score (nSPS) is 29.4. The van der Waals surface area contributed by atoms with Crippen LogP contribution in [-0.4, -0.2) is 50.3 Å². The number of rotatable bonds is 9. The fourth-order valence-electron chi connectivity index (χ4n) is 1.86. The Morgan fingerprint density at radius 1 is 0.667 bits per heavy atom. The molecular formula is C15H18S6. The number of hydrogen-bond acceptors (Lipinski definition) is 6. The van der Waals surface area contributed by atoms with E-state index in [0.717, 1.165) is 15.7 Å². The van der Waals surface area contributed by atoms with Crippen LogP contribution in [0.1, 0.15) is 0 Å². The van der Waals surface area contributed by atoms with Gasteiger partial charge in [-0.3, -0.25) is 0 Å². The monoisotopic (exact) mass is 390 g/mol. The van der Waals surface area contributed by atoms with Gasteiger partial charge in [0.15, 0.2) is 0 Å². The molecule has 3 aliphatic heterocycles. The van der Waals surface area contributed by atoms with Crippen molar-refractivity contribution in [1.29, 1.82) is 0 Å². The van der Waals surface area contributed by atoms with Gasteiger partial charge >= 0.3 is 0 Å². The first-order valence-corrected chi connectivity index (χ1v) is 13.3. The molecule has 3 aliphatic rings. The lowest BCUT2D eigenvalue weighted by atomic mass is 10.4. The molecule has 6 heteroatoms. The molecule has 0 radical (unpaired) electrons. The first-order valence-electron chi connectivity index (χ1n) is 7.23. The van der Waals surface area contributed by atoms with Crippen molar-refractivity contribution in [3.63, 3.8) is 0 Å². The van der Waals surface area contributed by atoms with Crippen molar-refractivity contribution in [2.24, 2.45) is 0 Å². The van der Waals surface area contributed by atoms with E-state index in [1.54, 1.807) is 0 Å². The van der Waals surface area contributed by atoms with Crippen molar-refractivity contribution >= 4 is 70.6 Å². The minimum atomic E-state index is 0.924. The van der Waals surface area contributed by atoms with E-state index in [0.29, 0.717) is 0 Å². The maximum absolute atomic E-state index is 2.42. The van der Waals surface area contributed by atoms with Crippen LogP contribution in [-0.2, 0) is 0 Å². The highest BCUT2D eigenvalue weighted by atomic mass is 32.2. The molecule has 3 atom stereocenters. The highest BCUT2D eigenvalue weighted by molar-refractivity contribution is 8.09. The van der Waals surface area contributed by atoms with Crippen LogP contribution in [0.2, 0.25) is 0 Å². The number of thioether (sulfide) groups is 6. The third kappa shape index (κ3) is 5.71. The molecule has 1 aromatic carbocycles. The van der Waals surface area contributed by atoms with Gasteiger partial charge in [0.2, 0.25) is 0 Å². The molecular weight excluding hydrogens is 373 g/mol. The van der Waals surface area contributed by atoms with Gasteiger partial charge < -0.3 is 0 Å². The summed E-state index contributed by atoms with van der Waals surface area (Å²) in [6.45, 7) is 0. The van der Waals surface area contributed by atoms with Crippen LogP contribution >= 0.6 is 70.6 Å². The second kappa shape index (κ2) is 7.47. The Morgan fingerprint density at radius 2 is 0.952 bits per heavy atom. The van der Waals surface area contributed by atoms with E-state index in [2.05, 4.69) is 88.8 Å². The van der Waals surface area contributed by atoms with Crippen molar-refractivity contribution in [1.82, 2.24) is 0 Å². The summed E-state index contributed by atoms with van der Waals surface area (Å²) in [6, 6.07) is 7.27. The smallest absolute Gasteiger partial charge is 0.0232 e. The van der Waals surface area contributed by atoms with Crippen molar-refractivity contribution in [2.75, 3.05) is 34.5 Å². The molecule has 0 saturated carbocycles. The zero-order chi connectivity index (χ0) is 14.1. The Bertz CT molecular complexity index is 409. The maximum Gasteiger partial charge on any atom is 0.0232 e. The van der Waals surface area contributed by atoms with E-state index in [1.807, 2.05) is 0 Å². The molecule has 0 aromatic heterocycles. The van der Waals surface area contributed by atoms with Crippen LogP contribution in [0.15, 0.2) is 32.9 Å². The van der Waals surface area contributed by atoms with Crippen LogP contribution < -0.4 is 0 Å². The Morgan fingerprint density at radius 3 is 1.19 bits per heavy atom. The third-order valence-corrected chi connectivity index (χ3v) is 10.3. The van der Waals surface area contributed by atoms with E-state index in [9.17, 15) is 0 Å². The largest absolute Gasteiger partial charge is 0.156 e. The average Bonchev–Trinajstić information content (AvgIpc) is 3.38. The first-order chi connectivity index (χ1) is 10.3. The summed E-state index contributed by atoms with van der Waals surface area (Å²) >= 11 is 12.5. The van der Waals surface area contributed by atoms with Crippen LogP contribution in [0, 0.1) is 0 Å². The molecule has 1 aromatic rings. The van der Waals surface area contributed by atoms with Crippen LogP contribution in [0.25, 0.3) is 0 Å². The third-order valence-electron chi connectivity index (χ3n) is 3.37. The van der Waals surface area contributed by atoms with Crippen molar-refractivity contribution in [3.05, 3.63) is 18.2 Å². The topological polar surface area (TPSA) is 0 Å². The molecule has 0 aliphatic carbocycles. The molecule has 0 spiro atoms. The van der Waals surface area contributed by atoms with Gasteiger partial charge in [-0.25, -0.2) is 0 Å². The zero-order valence-electron chi connectivity index (χ0n) is 11.7. The molecule has 0 bridgehead atoms. The van der Waals surface area contributed by atoms with Crippen LogP contribution in [0.5, 0.6) is 0 Å². The summed E-state index contributed by atoms with van der Waals surface area (Å²) in [5.74, 6) is 8.00. The molecule has 0 nitrogen and oxygen atoms in total. The lowest BCUT2D eigenvalue weighted by molar-refractivity contribution is 1.19. The second-order valence-corrected chi connectivity index (χ2v) is 12.7. The SMILES string of the molecule is c1c(SCC2CS2)cc(SCC2CS2)cc1SCC1CS1. The molecule has 21 heavy (non-hydrogen) atoms. The van der Waals surface area contributed by atoms with Gasteiger partial charge in [0.25, 0.3) is 0 Å². The Kier molecular flexibility index (Phi) is 5.63. The summed E-state index contributed by atoms with van der Waals surface area (Å²) < 4.78 is 0. The van der Waals surface area contributed by atoms with Gasteiger partial charge in [-0.05, 0) is 18.2 Å². The van der Waals surface area contributed by atoms with Gasteiger partial charge in [-0.2, -0.15) is 35.3 Å². The average molecular weight is 391 g/mol. The van der Waals surface area contributed by atoms with Crippen molar-refractivity contribution < 1.29 is 0 Å². The maximum atomic E-state index is 2.42. The van der Waals surface area contributed by atoms with E-state index in [1.165, 1.54) is 49.2 Å². The van der Waals surface area contributed by atoms with E-state index in [-0.39, 0.29) is 0 Å². The first kappa shape index (κ1) is 15.8. The van der Waals surface area contributed by atoms with Crippen LogP contribution in [0.3, 0.4) is 0 Å². The van der Waals surface area contributed by atoms with Crippen molar-refractivity contribution in [3.8, 4) is 0 Å². The lowest BCUT2D eigenvalue weighted by Gasteiger charge is -2.09. The van der Waals surface area contributed by atoms with Gasteiger partial charge in [-0.1, -0.05) is 0 Å². The Hall–Kier alpha value is 1.32. The molecule has 3 heterocycles. The summed E-state index contributed by atoms with van der Waals surface area (Å²) in [5, 5.41) is 2.77. The quantitative estimate of drug-likeness (QED) is 0.411. The van der Waals surface area contributed by atoms with Gasteiger partial charge in [0.1, 0.15) is 0 Å². The highest BCUT2D eigenvalue weighted by Gasteiger charge is 2.24. The predicted octanol–water partition coefficient (Wildman–Crippen LogP) is 5.31. The van der Waals surface area contributed by atoms with Crippen LogP contribution in [0.4, 0.5) is 0 Å². The summed E-state index contributed by atoms with van der Waals surface area (Å²) in [4.78, 5) is 4.46. The molecule has 114 valence electrons. The fourth-order valence-corrected chi connectivity index (χ4v) is 7.81. The number of benzene rings is 1. The lowest BCUT2D eigenvalue weighted by Crippen LogP contribution is -1.91. The molecule has 3 unspecified atom stereocenters. The minimum absolute atomic E-state index is 0.924.